The number of carbonyl (C=O) groups is 2. The molecule has 1 aromatic rings. The fraction of sp³-hybridized carbons (Fsp3) is 0.714. The van der Waals surface area contributed by atoms with Crippen LogP contribution in [0, 0.1) is 5.92 Å². The van der Waals surface area contributed by atoms with E-state index >= 15 is 0 Å². The molecule has 3 saturated heterocycles. The van der Waals surface area contributed by atoms with Gasteiger partial charge in [0.05, 0.1) is 18.3 Å². The highest BCUT2D eigenvalue weighted by atomic mass is 32.1. The second-order valence-corrected chi connectivity index (χ2v) is 6.91. The van der Waals surface area contributed by atoms with Gasteiger partial charge in [-0.3, -0.25) is 0 Å². The standard InChI is InChI=1S/C14H14F3N3O6S/c15-13(16,17)3-1-5-23-9-10(19-27-18-9)24-8-7-2-4-20(6-7)14(8)25-11(21)12(22)26-14/h7-8H,1-6H2. The Kier molecular flexibility index (Phi) is 4.37. The highest BCUT2D eigenvalue weighted by Gasteiger charge is 2.69. The molecule has 9 nitrogen and oxygen atoms in total. The van der Waals surface area contributed by atoms with Crippen molar-refractivity contribution in [3.05, 3.63) is 0 Å². The Morgan fingerprint density at radius 3 is 2.63 bits per heavy atom. The van der Waals surface area contributed by atoms with Crippen LogP contribution < -0.4 is 9.47 Å². The number of hydrogen-bond acceptors (Lipinski definition) is 10. The van der Waals surface area contributed by atoms with Crippen molar-refractivity contribution in [3.63, 3.8) is 0 Å². The molecule has 1 aromatic heterocycles. The average Bonchev–Trinajstić information content (AvgIpc) is 3.32. The Morgan fingerprint density at radius 1 is 1.22 bits per heavy atom. The number of nitrogens with zero attached hydrogens (tertiary/aromatic N) is 3. The Balaban J connectivity index is 1.44. The Labute approximate surface area is 154 Å². The van der Waals surface area contributed by atoms with Gasteiger partial charge in [0.2, 0.25) is 0 Å². The first-order valence-electron chi connectivity index (χ1n) is 8.18. The molecule has 4 heterocycles. The van der Waals surface area contributed by atoms with Crippen LogP contribution in [0.5, 0.6) is 11.8 Å². The van der Waals surface area contributed by atoms with Crippen molar-refractivity contribution in [1.82, 2.24) is 13.6 Å². The lowest BCUT2D eigenvalue weighted by molar-refractivity contribution is -0.273. The molecule has 0 saturated carbocycles. The van der Waals surface area contributed by atoms with Crippen LogP contribution >= 0.6 is 11.7 Å². The second-order valence-electron chi connectivity index (χ2n) is 6.38. The molecule has 13 heteroatoms. The lowest BCUT2D eigenvalue weighted by Gasteiger charge is -2.36. The van der Waals surface area contributed by atoms with E-state index in [-0.39, 0.29) is 30.7 Å². The van der Waals surface area contributed by atoms with E-state index < -0.39 is 36.6 Å². The van der Waals surface area contributed by atoms with Crippen molar-refractivity contribution >= 4 is 23.7 Å². The molecule has 148 valence electrons. The van der Waals surface area contributed by atoms with E-state index in [4.69, 9.17) is 18.9 Å². The Bertz CT molecular complexity index is 741. The number of rotatable bonds is 6. The van der Waals surface area contributed by atoms with E-state index in [9.17, 15) is 22.8 Å². The quantitative estimate of drug-likeness (QED) is 0.388. The van der Waals surface area contributed by atoms with Gasteiger partial charge in [-0.1, -0.05) is 0 Å². The first-order valence-corrected chi connectivity index (χ1v) is 8.92. The summed E-state index contributed by atoms with van der Waals surface area (Å²) >= 11 is 0.764. The van der Waals surface area contributed by atoms with E-state index in [0.717, 1.165) is 18.1 Å². The number of esters is 2. The van der Waals surface area contributed by atoms with Gasteiger partial charge in [-0.15, -0.1) is 8.75 Å². The minimum atomic E-state index is -4.26. The first kappa shape index (κ1) is 18.2. The molecule has 2 bridgehead atoms. The molecular weight excluding hydrogens is 395 g/mol. The van der Waals surface area contributed by atoms with Crippen LogP contribution in [0.25, 0.3) is 0 Å². The third-order valence-corrected chi connectivity index (χ3v) is 5.11. The fourth-order valence-corrected chi connectivity index (χ4v) is 3.92. The van der Waals surface area contributed by atoms with Crippen LogP contribution in [-0.2, 0) is 19.1 Å². The van der Waals surface area contributed by atoms with E-state index in [0.29, 0.717) is 13.1 Å². The molecule has 27 heavy (non-hydrogen) atoms. The number of piperidine rings is 1. The minimum absolute atomic E-state index is 0.0378. The molecule has 4 rings (SSSR count). The number of alkyl halides is 3. The van der Waals surface area contributed by atoms with Gasteiger partial charge in [-0.2, -0.15) is 13.2 Å². The molecule has 3 aliphatic heterocycles. The topological polar surface area (TPSA) is 100 Å². The van der Waals surface area contributed by atoms with Gasteiger partial charge in [-0.05, 0) is 12.8 Å². The van der Waals surface area contributed by atoms with Crippen LogP contribution in [0.3, 0.4) is 0 Å². The van der Waals surface area contributed by atoms with Gasteiger partial charge in [-0.25, -0.2) is 14.5 Å². The molecular formula is C14H14F3N3O6S. The third kappa shape index (κ3) is 3.29. The summed E-state index contributed by atoms with van der Waals surface area (Å²) in [5.41, 5.74) is 0. The molecule has 0 aromatic carbocycles. The largest absolute Gasteiger partial charge is 0.473 e. The molecule has 3 atom stereocenters. The number of aromatic nitrogens is 2. The second kappa shape index (κ2) is 6.48. The summed E-state index contributed by atoms with van der Waals surface area (Å²) in [7, 11) is 0. The lowest BCUT2D eigenvalue weighted by atomic mass is 9.99. The summed E-state index contributed by atoms with van der Waals surface area (Å²) < 4.78 is 65.8. The predicted octanol–water partition coefficient (Wildman–Crippen LogP) is 1.10. The van der Waals surface area contributed by atoms with Gasteiger partial charge in [0.15, 0.2) is 6.10 Å². The number of carbonyl (C=O) groups excluding carboxylic acids is 2. The smallest absolute Gasteiger partial charge is 0.422 e. The molecule has 0 aliphatic carbocycles. The third-order valence-electron chi connectivity index (χ3n) is 4.61. The number of halogens is 3. The van der Waals surface area contributed by atoms with Gasteiger partial charge in [0, 0.05) is 25.4 Å². The maximum Gasteiger partial charge on any atom is 0.422 e. The highest BCUT2D eigenvalue weighted by molar-refractivity contribution is 6.99. The summed E-state index contributed by atoms with van der Waals surface area (Å²) in [6, 6.07) is 0. The average molecular weight is 409 g/mol. The van der Waals surface area contributed by atoms with Crippen molar-refractivity contribution in [2.24, 2.45) is 5.92 Å². The normalized spacial score (nSPS) is 28.5. The summed E-state index contributed by atoms with van der Waals surface area (Å²) in [5.74, 6) is -4.01. The summed E-state index contributed by atoms with van der Waals surface area (Å²) in [4.78, 5) is 24.8. The molecule has 0 amide bonds. The van der Waals surface area contributed by atoms with E-state index in [2.05, 4.69) is 8.75 Å². The van der Waals surface area contributed by atoms with Crippen LogP contribution in [0.15, 0.2) is 0 Å². The van der Waals surface area contributed by atoms with Crippen LogP contribution in [0.2, 0.25) is 0 Å². The Morgan fingerprint density at radius 2 is 1.93 bits per heavy atom. The van der Waals surface area contributed by atoms with Gasteiger partial charge < -0.3 is 18.9 Å². The van der Waals surface area contributed by atoms with Crippen LogP contribution in [-0.4, -0.2) is 63.5 Å². The van der Waals surface area contributed by atoms with Crippen LogP contribution in [0.4, 0.5) is 13.2 Å². The summed E-state index contributed by atoms with van der Waals surface area (Å²) in [6.07, 6.45) is -5.57. The van der Waals surface area contributed by atoms with Crippen LogP contribution in [0.1, 0.15) is 19.3 Å². The van der Waals surface area contributed by atoms with Crippen molar-refractivity contribution in [3.8, 4) is 11.8 Å². The zero-order valence-corrected chi connectivity index (χ0v) is 14.5. The van der Waals surface area contributed by atoms with Crippen molar-refractivity contribution in [1.29, 1.82) is 0 Å². The predicted molar refractivity (Wildman–Crippen MR) is 79.7 cm³/mol. The highest BCUT2D eigenvalue weighted by Crippen LogP contribution is 2.47. The molecule has 0 N–H and O–H groups in total. The number of fused-ring (bicyclic) bond motifs is 3. The van der Waals surface area contributed by atoms with E-state index in [1.165, 1.54) is 0 Å². The van der Waals surface area contributed by atoms with E-state index in [1.807, 2.05) is 0 Å². The maximum atomic E-state index is 12.2. The summed E-state index contributed by atoms with van der Waals surface area (Å²) in [5, 5.41) is 0. The zero-order chi connectivity index (χ0) is 19.2. The SMILES string of the molecule is O=C1OC2(OC1=O)C(Oc1nsnc1OCCCC(F)(F)F)C1CCN2C1. The minimum Gasteiger partial charge on any atom is -0.473 e. The molecule has 0 radical (unpaired) electrons. The fourth-order valence-electron chi connectivity index (χ4n) is 3.48. The molecule has 3 unspecified atom stereocenters. The molecule has 3 fully saturated rings. The van der Waals surface area contributed by atoms with E-state index in [1.54, 1.807) is 4.90 Å². The van der Waals surface area contributed by atoms with Gasteiger partial charge in [0.25, 0.3) is 11.8 Å². The monoisotopic (exact) mass is 409 g/mol. The van der Waals surface area contributed by atoms with Crippen molar-refractivity contribution in [2.75, 3.05) is 19.7 Å². The van der Waals surface area contributed by atoms with Crippen molar-refractivity contribution in [2.45, 2.75) is 37.5 Å². The van der Waals surface area contributed by atoms with Gasteiger partial charge in [0.1, 0.15) is 0 Å². The van der Waals surface area contributed by atoms with Crippen molar-refractivity contribution < 1.29 is 41.7 Å². The molecule has 3 aliphatic rings. The first-order chi connectivity index (χ1) is 12.8. The zero-order valence-electron chi connectivity index (χ0n) is 13.7. The summed E-state index contributed by atoms with van der Waals surface area (Å²) in [6.45, 7) is 0.863. The Hall–Kier alpha value is -2.15. The lowest BCUT2D eigenvalue weighted by Crippen LogP contribution is -2.57. The number of hydrogen-bond donors (Lipinski definition) is 0. The maximum absolute atomic E-state index is 12.2. The molecule has 1 spiro atoms. The van der Waals surface area contributed by atoms with Gasteiger partial charge >= 0.3 is 24.0 Å². The number of ether oxygens (including phenoxy) is 4.